The molecule has 1 aliphatic rings. The molecule has 0 spiro atoms. The van der Waals surface area contributed by atoms with Crippen molar-refractivity contribution in [1.82, 2.24) is 4.98 Å². The third kappa shape index (κ3) is 4.15. The number of thiazole rings is 1. The minimum Gasteiger partial charge on any atom is -0.550 e. The minimum atomic E-state index is -1.28. The van der Waals surface area contributed by atoms with Crippen LogP contribution >= 0.6 is 11.3 Å². The summed E-state index contributed by atoms with van der Waals surface area (Å²) in [7, 11) is 0. The second kappa shape index (κ2) is 7.20. The number of anilines is 1. The topological polar surface area (TPSA) is 109 Å². The summed E-state index contributed by atoms with van der Waals surface area (Å²) in [6.45, 7) is 2.50. The van der Waals surface area contributed by atoms with E-state index < -0.39 is 18.3 Å². The van der Waals surface area contributed by atoms with E-state index >= 15 is 0 Å². The molecular weight excluding hydrogens is 281 g/mol. The average molecular weight is 293 g/mol. The molecule has 0 aliphatic carbocycles. The number of rotatable bonds is 4. The van der Waals surface area contributed by atoms with Gasteiger partial charge in [0.05, 0.1) is 18.9 Å². The molecule has 7 nitrogen and oxygen atoms in total. The molecule has 1 aromatic heterocycles. The van der Waals surface area contributed by atoms with Crippen LogP contribution in [0.4, 0.5) is 5.13 Å². The number of carbonyl (C=O) groups excluding carboxylic acids is 2. The zero-order chi connectivity index (χ0) is 13.1. The summed E-state index contributed by atoms with van der Waals surface area (Å²) in [5, 5.41) is 11.2. The number of ether oxygens (including phenoxy) is 1. The Morgan fingerprint density at radius 1 is 1.42 bits per heavy atom. The number of primary amides is 1. The van der Waals surface area contributed by atoms with Crippen LogP contribution in [0.2, 0.25) is 0 Å². The third-order valence-corrected chi connectivity index (χ3v) is 3.68. The number of carboxylic acid groups (broad SMARTS) is 1. The molecule has 0 radical (unpaired) electrons. The van der Waals surface area contributed by atoms with E-state index in [-0.39, 0.29) is 40.1 Å². The molecule has 2 heterocycles. The van der Waals surface area contributed by atoms with Gasteiger partial charge in [0, 0.05) is 25.5 Å². The van der Waals surface area contributed by atoms with E-state index in [1.165, 1.54) is 0 Å². The van der Waals surface area contributed by atoms with Crippen molar-refractivity contribution in [3.63, 3.8) is 0 Å². The summed E-state index contributed by atoms with van der Waals surface area (Å²) in [6, 6.07) is 0. The molecule has 0 aromatic carbocycles. The summed E-state index contributed by atoms with van der Waals surface area (Å²) in [6.07, 6.45) is -0.404. The van der Waals surface area contributed by atoms with Crippen molar-refractivity contribution in [3.05, 3.63) is 10.6 Å². The first-order valence-electron chi connectivity index (χ1n) is 5.40. The van der Waals surface area contributed by atoms with Crippen LogP contribution in [0.3, 0.4) is 0 Å². The average Bonchev–Trinajstić information content (AvgIpc) is 2.73. The number of morpholine rings is 1. The minimum absolute atomic E-state index is 0. The maximum absolute atomic E-state index is 11.2. The molecule has 2 rings (SSSR count). The molecule has 1 aliphatic heterocycles. The number of amides is 1. The number of hydrogen-bond donors (Lipinski definition) is 1. The van der Waals surface area contributed by atoms with Gasteiger partial charge in [-0.1, -0.05) is 11.3 Å². The van der Waals surface area contributed by atoms with Gasteiger partial charge in [0.25, 0.3) is 5.91 Å². The first-order chi connectivity index (χ1) is 8.58. The first-order valence-corrected chi connectivity index (χ1v) is 6.21. The van der Waals surface area contributed by atoms with Gasteiger partial charge in [-0.05, 0) is 0 Å². The molecule has 0 unspecified atom stereocenters. The fourth-order valence-electron chi connectivity index (χ4n) is 1.68. The van der Waals surface area contributed by atoms with Crippen molar-refractivity contribution in [2.24, 2.45) is 5.73 Å². The van der Waals surface area contributed by atoms with Gasteiger partial charge in [-0.25, -0.2) is 4.98 Å². The van der Waals surface area contributed by atoms with Crippen LogP contribution < -0.4 is 45.3 Å². The van der Waals surface area contributed by atoms with Crippen LogP contribution in [0.15, 0.2) is 0 Å². The van der Waals surface area contributed by atoms with Gasteiger partial charge in [-0.3, -0.25) is 4.79 Å². The van der Waals surface area contributed by atoms with Gasteiger partial charge >= 0.3 is 29.6 Å². The number of hydrogen-bond acceptors (Lipinski definition) is 7. The van der Waals surface area contributed by atoms with Crippen molar-refractivity contribution in [2.45, 2.75) is 6.42 Å². The Bertz CT molecular complexity index is 473. The number of nitrogens with two attached hydrogens (primary N) is 1. The normalized spacial score (nSPS) is 14.8. The molecule has 1 saturated heterocycles. The Morgan fingerprint density at radius 3 is 2.58 bits per heavy atom. The Morgan fingerprint density at radius 2 is 2.05 bits per heavy atom. The molecule has 1 aromatic rings. The molecule has 1 fully saturated rings. The van der Waals surface area contributed by atoms with Crippen molar-refractivity contribution in [1.29, 1.82) is 0 Å². The second-order valence-corrected chi connectivity index (χ2v) is 4.76. The summed E-state index contributed by atoms with van der Waals surface area (Å²) in [5.74, 6) is -1.94. The monoisotopic (exact) mass is 293 g/mol. The van der Waals surface area contributed by atoms with E-state index in [0.717, 1.165) is 11.3 Å². The number of aliphatic carboxylic acids is 1. The molecular formula is C10H12N3NaO4S. The quantitative estimate of drug-likeness (QED) is 0.559. The van der Waals surface area contributed by atoms with Gasteiger partial charge < -0.3 is 25.3 Å². The Hall–Kier alpha value is -0.670. The fraction of sp³-hybridized carbons (Fsp3) is 0.500. The van der Waals surface area contributed by atoms with E-state index in [9.17, 15) is 14.7 Å². The number of carboxylic acids is 1. The first kappa shape index (κ1) is 16.4. The molecule has 98 valence electrons. The van der Waals surface area contributed by atoms with Gasteiger partial charge in [0.2, 0.25) is 0 Å². The van der Waals surface area contributed by atoms with Crippen LogP contribution in [-0.2, 0) is 16.0 Å². The van der Waals surface area contributed by atoms with Gasteiger partial charge in [-0.15, -0.1) is 0 Å². The SMILES string of the molecule is NC(=O)c1sc(N2CCOCC2)nc1CC(=O)[O-].[Na+]. The predicted octanol–water partition coefficient (Wildman–Crippen LogP) is -4.62. The van der Waals surface area contributed by atoms with Crippen molar-refractivity contribution >= 4 is 28.3 Å². The molecule has 19 heavy (non-hydrogen) atoms. The Balaban J connectivity index is 0.00000180. The van der Waals surface area contributed by atoms with Crippen LogP contribution in [0.5, 0.6) is 0 Å². The van der Waals surface area contributed by atoms with Gasteiger partial charge in [0.1, 0.15) is 4.88 Å². The fourth-order valence-corrected chi connectivity index (χ4v) is 2.66. The number of aromatic nitrogens is 1. The maximum Gasteiger partial charge on any atom is 1.00 e. The van der Waals surface area contributed by atoms with Crippen molar-refractivity contribution in [3.8, 4) is 0 Å². The van der Waals surface area contributed by atoms with E-state index in [1.54, 1.807) is 0 Å². The summed E-state index contributed by atoms with van der Waals surface area (Å²) in [5.41, 5.74) is 5.38. The molecule has 1 amide bonds. The molecule has 9 heteroatoms. The zero-order valence-corrected chi connectivity index (χ0v) is 13.4. The molecule has 2 N–H and O–H groups in total. The summed E-state index contributed by atoms with van der Waals surface area (Å²) < 4.78 is 5.21. The van der Waals surface area contributed by atoms with Gasteiger partial charge in [-0.2, -0.15) is 0 Å². The second-order valence-electron chi connectivity index (χ2n) is 3.78. The smallest absolute Gasteiger partial charge is 0.550 e. The van der Waals surface area contributed by atoms with E-state index in [2.05, 4.69) is 4.98 Å². The largest absolute Gasteiger partial charge is 1.00 e. The third-order valence-electron chi connectivity index (χ3n) is 2.50. The van der Waals surface area contributed by atoms with Gasteiger partial charge in [0.15, 0.2) is 5.13 Å². The van der Waals surface area contributed by atoms with Crippen LogP contribution in [0.25, 0.3) is 0 Å². The summed E-state index contributed by atoms with van der Waals surface area (Å²) >= 11 is 1.11. The van der Waals surface area contributed by atoms with Crippen LogP contribution in [0.1, 0.15) is 15.4 Å². The molecule has 0 atom stereocenters. The van der Waals surface area contributed by atoms with Crippen molar-refractivity contribution in [2.75, 3.05) is 31.2 Å². The van der Waals surface area contributed by atoms with E-state index in [4.69, 9.17) is 10.5 Å². The molecule has 0 bridgehead atoms. The van der Waals surface area contributed by atoms with Crippen LogP contribution in [0, 0.1) is 0 Å². The van der Waals surface area contributed by atoms with Crippen LogP contribution in [-0.4, -0.2) is 43.2 Å². The Labute approximate surface area is 136 Å². The van der Waals surface area contributed by atoms with Crippen molar-refractivity contribution < 1.29 is 49.0 Å². The standard InChI is InChI=1S/C10H13N3O4S.Na/c11-9(16)8-6(5-7(14)15)12-10(18-8)13-1-3-17-4-2-13;/h1-5H2,(H2,11,16)(H,14,15);/q;+1/p-1. The number of carbonyl (C=O) groups is 2. The summed E-state index contributed by atoms with van der Waals surface area (Å²) in [4.78, 5) is 28.1. The predicted molar refractivity (Wildman–Crippen MR) is 62.4 cm³/mol. The maximum atomic E-state index is 11.2. The Kier molecular flexibility index (Phi) is 6.21. The zero-order valence-electron chi connectivity index (χ0n) is 10.5. The molecule has 0 saturated carbocycles. The van der Waals surface area contributed by atoms with E-state index in [1.807, 2.05) is 4.90 Å². The van der Waals surface area contributed by atoms with E-state index in [0.29, 0.717) is 31.4 Å². The number of nitrogens with zero attached hydrogens (tertiary/aromatic N) is 2.